The number of carbonyl (C=O) groups excluding carboxylic acids is 1. The minimum absolute atomic E-state index is 0.0146. The summed E-state index contributed by atoms with van der Waals surface area (Å²) in [6, 6.07) is 5.59. The first kappa shape index (κ1) is 11.8. The molecule has 1 fully saturated rings. The molecule has 0 radical (unpaired) electrons. The topological polar surface area (TPSA) is 55.6 Å². The van der Waals surface area contributed by atoms with Gasteiger partial charge >= 0.3 is 0 Å². The number of benzene rings is 1. The van der Waals surface area contributed by atoms with Crippen molar-refractivity contribution in [2.75, 3.05) is 19.4 Å². The number of hydrogen-bond acceptors (Lipinski definition) is 3. The standard InChI is InChI=1S/C13H18N2O2/c1-3-17-12-7-9(6-10(14)8-12)13(16)15(2)11-4-5-11/h6-8,11H,3-5,14H2,1-2H3. The maximum Gasteiger partial charge on any atom is 0.254 e. The second-order valence-corrected chi connectivity index (χ2v) is 4.37. The third-order valence-electron chi connectivity index (χ3n) is 2.90. The van der Waals surface area contributed by atoms with Crippen molar-refractivity contribution in [3.63, 3.8) is 0 Å². The summed E-state index contributed by atoms with van der Waals surface area (Å²) in [5, 5.41) is 0. The average molecular weight is 234 g/mol. The molecule has 0 unspecified atom stereocenters. The van der Waals surface area contributed by atoms with E-state index in [1.807, 2.05) is 14.0 Å². The van der Waals surface area contributed by atoms with Gasteiger partial charge in [-0.2, -0.15) is 0 Å². The number of anilines is 1. The molecule has 0 atom stereocenters. The third kappa shape index (κ3) is 2.70. The van der Waals surface area contributed by atoms with E-state index in [0.717, 1.165) is 12.8 Å². The molecule has 92 valence electrons. The van der Waals surface area contributed by atoms with Crippen molar-refractivity contribution in [3.8, 4) is 5.75 Å². The summed E-state index contributed by atoms with van der Waals surface area (Å²) in [5.41, 5.74) is 6.93. The number of ether oxygens (including phenoxy) is 1. The third-order valence-corrected chi connectivity index (χ3v) is 2.90. The fraction of sp³-hybridized carbons (Fsp3) is 0.462. The van der Waals surface area contributed by atoms with Gasteiger partial charge in [0, 0.05) is 30.4 Å². The smallest absolute Gasteiger partial charge is 0.254 e. The van der Waals surface area contributed by atoms with Crippen LogP contribution < -0.4 is 10.5 Å². The summed E-state index contributed by atoms with van der Waals surface area (Å²) in [6.45, 7) is 2.47. The van der Waals surface area contributed by atoms with Gasteiger partial charge in [0.25, 0.3) is 5.91 Å². The number of nitrogen functional groups attached to an aromatic ring is 1. The number of amides is 1. The Morgan fingerprint density at radius 1 is 1.47 bits per heavy atom. The lowest BCUT2D eigenvalue weighted by Gasteiger charge is -2.17. The van der Waals surface area contributed by atoms with E-state index in [4.69, 9.17) is 10.5 Å². The Hall–Kier alpha value is -1.71. The zero-order valence-electron chi connectivity index (χ0n) is 10.3. The van der Waals surface area contributed by atoms with Gasteiger partial charge in [0.1, 0.15) is 5.75 Å². The van der Waals surface area contributed by atoms with Crippen LogP contribution in [0.15, 0.2) is 18.2 Å². The molecular weight excluding hydrogens is 216 g/mol. The van der Waals surface area contributed by atoms with Crippen LogP contribution in [-0.4, -0.2) is 30.5 Å². The molecule has 4 nitrogen and oxygen atoms in total. The van der Waals surface area contributed by atoms with E-state index in [-0.39, 0.29) is 5.91 Å². The molecule has 0 bridgehead atoms. The minimum Gasteiger partial charge on any atom is -0.494 e. The average Bonchev–Trinajstić information content (AvgIpc) is 3.10. The molecule has 1 saturated carbocycles. The number of nitrogens with zero attached hydrogens (tertiary/aromatic N) is 1. The number of hydrogen-bond donors (Lipinski definition) is 1. The molecule has 1 aromatic carbocycles. The lowest BCUT2D eigenvalue weighted by atomic mass is 10.1. The highest BCUT2D eigenvalue weighted by molar-refractivity contribution is 5.95. The van der Waals surface area contributed by atoms with Crippen molar-refractivity contribution < 1.29 is 9.53 Å². The zero-order chi connectivity index (χ0) is 12.4. The molecular formula is C13H18N2O2. The molecule has 1 aliphatic carbocycles. The Bertz CT molecular complexity index is 427. The van der Waals surface area contributed by atoms with E-state index in [0.29, 0.717) is 29.6 Å². The van der Waals surface area contributed by atoms with E-state index >= 15 is 0 Å². The summed E-state index contributed by atoms with van der Waals surface area (Å²) in [6.07, 6.45) is 2.20. The molecule has 2 rings (SSSR count). The van der Waals surface area contributed by atoms with Crippen LogP contribution in [0.1, 0.15) is 30.1 Å². The van der Waals surface area contributed by atoms with Crippen molar-refractivity contribution in [2.24, 2.45) is 0 Å². The Labute approximate surface area is 101 Å². The molecule has 4 heteroatoms. The summed E-state index contributed by atoms with van der Waals surface area (Å²) in [4.78, 5) is 13.9. The van der Waals surface area contributed by atoms with Gasteiger partial charge in [0.05, 0.1) is 6.61 Å². The normalized spacial score (nSPS) is 14.5. The lowest BCUT2D eigenvalue weighted by molar-refractivity contribution is 0.0784. The fourth-order valence-electron chi connectivity index (χ4n) is 1.83. The number of carbonyl (C=O) groups is 1. The molecule has 0 aliphatic heterocycles. The van der Waals surface area contributed by atoms with Crippen LogP contribution in [0, 0.1) is 0 Å². The SMILES string of the molecule is CCOc1cc(N)cc(C(=O)N(C)C2CC2)c1. The van der Waals surface area contributed by atoms with Crippen molar-refractivity contribution in [3.05, 3.63) is 23.8 Å². The van der Waals surface area contributed by atoms with Crippen LogP contribution in [0.25, 0.3) is 0 Å². The van der Waals surface area contributed by atoms with E-state index in [1.165, 1.54) is 0 Å². The highest BCUT2D eigenvalue weighted by Crippen LogP contribution is 2.28. The minimum atomic E-state index is 0.0146. The predicted molar refractivity (Wildman–Crippen MR) is 67.1 cm³/mol. The first-order chi connectivity index (χ1) is 8.11. The molecule has 2 N–H and O–H groups in total. The fourth-order valence-corrected chi connectivity index (χ4v) is 1.83. The Kier molecular flexibility index (Phi) is 3.22. The monoisotopic (exact) mass is 234 g/mol. The van der Waals surface area contributed by atoms with Crippen molar-refractivity contribution >= 4 is 11.6 Å². The molecule has 0 spiro atoms. The van der Waals surface area contributed by atoms with Crippen molar-refractivity contribution in [1.29, 1.82) is 0 Å². The van der Waals surface area contributed by atoms with Gasteiger partial charge in [0.2, 0.25) is 0 Å². The van der Waals surface area contributed by atoms with Gasteiger partial charge < -0.3 is 15.4 Å². The van der Waals surface area contributed by atoms with Crippen LogP contribution in [0.4, 0.5) is 5.69 Å². The molecule has 1 aliphatic rings. The predicted octanol–water partition coefficient (Wildman–Crippen LogP) is 1.90. The number of nitrogens with two attached hydrogens (primary N) is 1. The molecule has 0 saturated heterocycles. The van der Waals surface area contributed by atoms with Gasteiger partial charge in [-0.05, 0) is 31.9 Å². The molecule has 0 heterocycles. The second-order valence-electron chi connectivity index (χ2n) is 4.37. The highest BCUT2D eigenvalue weighted by atomic mass is 16.5. The molecule has 1 aromatic rings. The molecule has 17 heavy (non-hydrogen) atoms. The first-order valence-corrected chi connectivity index (χ1v) is 5.92. The summed E-state index contributed by atoms with van der Waals surface area (Å²) < 4.78 is 5.38. The van der Waals surface area contributed by atoms with Crippen molar-refractivity contribution in [2.45, 2.75) is 25.8 Å². The largest absolute Gasteiger partial charge is 0.494 e. The maximum absolute atomic E-state index is 12.1. The lowest BCUT2D eigenvalue weighted by Crippen LogP contribution is -2.28. The van der Waals surface area contributed by atoms with Gasteiger partial charge in [-0.3, -0.25) is 4.79 Å². The maximum atomic E-state index is 12.1. The van der Waals surface area contributed by atoms with Crippen LogP contribution in [0.3, 0.4) is 0 Å². The Balaban J connectivity index is 2.21. The van der Waals surface area contributed by atoms with Crippen LogP contribution in [0.2, 0.25) is 0 Å². The quantitative estimate of drug-likeness (QED) is 0.809. The van der Waals surface area contributed by atoms with Gasteiger partial charge in [-0.1, -0.05) is 0 Å². The summed E-state index contributed by atoms with van der Waals surface area (Å²) >= 11 is 0. The van der Waals surface area contributed by atoms with Crippen molar-refractivity contribution in [1.82, 2.24) is 4.90 Å². The zero-order valence-corrected chi connectivity index (χ0v) is 10.3. The first-order valence-electron chi connectivity index (χ1n) is 5.92. The number of rotatable bonds is 4. The molecule has 1 amide bonds. The highest BCUT2D eigenvalue weighted by Gasteiger charge is 2.30. The van der Waals surface area contributed by atoms with Crippen LogP contribution >= 0.6 is 0 Å². The second kappa shape index (κ2) is 4.65. The Morgan fingerprint density at radius 2 is 2.18 bits per heavy atom. The van der Waals surface area contributed by atoms with Gasteiger partial charge in [-0.25, -0.2) is 0 Å². The summed E-state index contributed by atoms with van der Waals surface area (Å²) in [5.74, 6) is 0.667. The Morgan fingerprint density at radius 3 is 2.76 bits per heavy atom. The van der Waals surface area contributed by atoms with E-state index in [1.54, 1.807) is 23.1 Å². The van der Waals surface area contributed by atoms with Gasteiger partial charge in [-0.15, -0.1) is 0 Å². The van der Waals surface area contributed by atoms with E-state index in [2.05, 4.69) is 0 Å². The molecule has 0 aromatic heterocycles. The van der Waals surface area contributed by atoms with Gasteiger partial charge in [0.15, 0.2) is 0 Å². The van der Waals surface area contributed by atoms with Crippen LogP contribution in [0.5, 0.6) is 5.75 Å². The van der Waals surface area contributed by atoms with E-state index < -0.39 is 0 Å². The van der Waals surface area contributed by atoms with Crippen LogP contribution in [-0.2, 0) is 0 Å². The summed E-state index contributed by atoms with van der Waals surface area (Å²) in [7, 11) is 1.84. The van der Waals surface area contributed by atoms with E-state index in [9.17, 15) is 4.79 Å².